The second-order valence-corrected chi connectivity index (χ2v) is 3.22. The standard InChI is InChI=1S/C8H11NO4S/c1-5-3-6(9)8(12-2)4-7(5)13-14(10)11/h3-4H,9H2,1-2H3,(H,10,11)/p-1. The van der Waals surface area contributed by atoms with Gasteiger partial charge in [-0.05, 0) is 18.6 Å². The summed E-state index contributed by atoms with van der Waals surface area (Å²) >= 11 is -2.59. The first-order valence-electron chi connectivity index (χ1n) is 3.76. The third-order valence-corrected chi connectivity index (χ3v) is 2.00. The van der Waals surface area contributed by atoms with E-state index in [2.05, 4.69) is 4.18 Å². The van der Waals surface area contributed by atoms with Gasteiger partial charge < -0.3 is 19.2 Å². The molecule has 0 saturated heterocycles. The maximum absolute atomic E-state index is 10.3. The fourth-order valence-electron chi connectivity index (χ4n) is 1.03. The van der Waals surface area contributed by atoms with E-state index in [0.717, 1.165) is 0 Å². The summed E-state index contributed by atoms with van der Waals surface area (Å²) in [5.74, 6) is 0.598. The zero-order chi connectivity index (χ0) is 10.7. The van der Waals surface area contributed by atoms with Crippen molar-refractivity contribution < 1.29 is 17.7 Å². The van der Waals surface area contributed by atoms with E-state index >= 15 is 0 Å². The molecule has 1 atom stereocenters. The molecule has 0 aliphatic heterocycles. The molecular formula is C8H10NO4S-. The second-order valence-electron chi connectivity index (χ2n) is 2.65. The summed E-state index contributed by atoms with van der Waals surface area (Å²) in [6.07, 6.45) is 0. The fraction of sp³-hybridized carbons (Fsp3) is 0.250. The number of nitrogen functional groups attached to an aromatic ring is 1. The van der Waals surface area contributed by atoms with Crippen LogP contribution in [-0.4, -0.2) is 15.9 Å². The monoisotopic (exact) mass is 216 g/mol. The highest BCUT2D eigenvalue weighted by molar-refractivity contribution is 7.74. The van der Waals surface area contributed by atoms with Crippen LogP contribution >= 0.6 is 0 Å². The van der Waals surface area contributed by atoms with Crippen LogP contribution in [0.15, 0.2) is 12.1 Å². The molecule has 0 fully saturated rings. The SMILES string of the molecule is COc1cc(OS(=O)[O-])c(C)cc1N. The molecular weight excluding hydrogens is 206 g/mol. The third-order valence-electron chi connectivity index (χ3n) is 1.69. The molecule has 0 aliphatic rings. The Bertz CT molecular complexity index is 367. The number of rotatable bonds is 3. The first-order chi connectivity index (χ1) is 6.54. The molecule has 0 spiro atoms. The molecule has 1 aromatic carbocycles. The Morgan fingerprint density at radius 1 is 1.43 bits per heavy atom. The minimum atomic E-state index is -2.59. The van der Waals surface area contributed by atoms with Crippen LogP contribution in [0.3, 0.4) is 0 Å². The van der Waals surface area contributed by atoms with E-state index in [4.69, 9.17) is 10.5 Å². The zero-order valence-corrected chi connectivity index (χ0v) is 8.59. The lowest BCUT2D eigenvalue weighted by Crippen LogP contribution is -2.01. The van der Waals surface area contributed by atoms with Crippen LogP contribution in [0.5, 0.6) is 11.5 Å². The highest BCUT2D eigenvalue weighted by Crippen LogP contribution is 2.30. The van der Waals surface area contributed by atoms with E-state index in [-0.39, 0.29) is 5.75 Å². The van der Waals surface area contributed by atoms with Gasteiger partial charge in [0.25, 0.3) is 0 Å². The Morgan fingerprint density at radius 2 is 2.07 bits per heavy atom. The quantitative estimate of drug-likeness (QED) is 0.595. The van der Waals surface area contributed by atoms with Gasteiger partial charge in [-0.3, -0.25) is 0 Å². The number of nitrogens with two attached hydrogens (primary N) is 1. The smallest absolute Gasteiger partial charge is 0.145 e. The number of hydrogen-bond donors (Lipinski definition) is 1. The Labute approximate surface area is 84.3 Å². The third kappa shape index (κ3) is 2.36. The van der Waals surface area contributed by atoms with Crippen molar-refractivity contribution in [1.29, 1.82) is 0 Å². The Kier molecular flexibility index (Phi) is 3.32. The summed E-state index contributed by atoms with van der Waals surface area (Å²) in [7, 11) is 1.44. The molecule has 5 nitrogen and oxygen atoms in total. The maximum Gasteiger partial charge on any atom is 0.145 e. The van der Waals surface area contributed by atoms with Crippen molar-refractivity contribution in [2.24, 2.45) is 0 Å². The lowest BCUT2D eigenvalue weighted by Gasteiger charge is -2.12. The molecule has 6 heteroatoms. The van der Waals surface area contributed by atoms with Crippen molar-refractivity contribution in [2.45, 2.75) is 6.92 Å². The van der Waals surface area contributed by atoms with Gasteiger partial charge in [-0.25, -0.2) is 4.21 Å². The number of benzene rings is 1. The van der Waals surface area contributed by atoms with Crippen LogP contribution in [0.4, 0.5) is 5.69 Å². The molecule has 0 aliphatic carbocycles. The van der Waals surface area contributed by atoms with Crippen molar-refractivity contribution in [3.05, 3.63) is 17.7 Å². The maximum atomic E-state index is 10.3. The lowest BCUT2D eigenvalue weighted by atomic mass is 10.2. The lowest BCUT2D eigenvalue weighted by molar-refractivity contribution is 0.410. The van der Waals surface area contributed by atoms with E-state index in [1.807, 2.05) is 0 Å². The Morgan fingerprint density at radius 3 is 2.57 bits per heavy atom. The van der Waals surface area contributed by atoms with Gasteiger partial charge in [0, 0.05) is 6.07 Å². The molecule has 1 rings (SSSR count). The summed E-state index contributed by atoms with van der Waals surface area (Å²) < 4.78 is 30.1. The average Bonchev–Trinajstić information content (AvgIpc) is 2.09. The molecule has 0 amide bonds. The highest BCUT2D eigenvalue weighted by atomic mass is 32.2. The van der Waals surface area contributed by atoms with Crippen molar-refractivity contribution in [1.82, 2.24) is 0 Å². The second kappa shape index (κ2) is 4.30. The number of ether oxygens (including phenoxy) is 1. The largest absolute Gasteiger partial charge is 0.740 e. The van der Waals surface area contributed by atoms with Gasteiger partial charge in [0.2, 0.25) is 0 Å². The predicted octanol–water partition coefficient (Wildman–Crippen LogP) is 0.759. The zero-order valence-electron chi connectivity index (χ0n) is 7.77. The number of aryl methyl sites for hydroxylation is 1. The van der Waals surface area contributed by atoms with Crippen molar-refractivity contribution in [2.75, 3.05) is 12.8 Å². The normalized spacial score (nSPS) is 12.2. The van der Waals surface area contributed by atoms with Crippen LogP contribution in [0, 0.1) is 6.92 Å². The summed E-state index contributed by atoms with van der Waals surface area (Å²) in [6.45, 7) is 1.69. The van der Waals surface area contributed by atoms with Crippen molar-refractivity contribution in [3.8, 4) is 11.5 Å². The van der Waals surface area contributed by atoms with Gasteiger partial charge >= 0.3 is 0 Å². The van der Waals surface area contributed by atoms with Crippen LogP contribution in [0.1, 0.15) is 5.56 Å². The minimum Gasteiger partial charge on any atom is -0.740 e. The van der Waals surface area contributed by atoms with Crippen molar-refractivity contribution >= 4 is 17.0 Å². The Balaban J connectivity index is 3.10. The summed E-state index contributed by atoms with van der Waals surface area (Å²) in [4.78, 5) is 0. The summed E-state index contributed by atoms with van der Waals surface area (Å²) in [6, 6.07) is 3.02. The first-order valence-corrected chi connectivity index (χ1v) is 4.76. The average molecular weight is 216 g/mol. The van der Waals surface area contributed by atoms with Gasteiger partial charge in [-0.15, -0.1) is 0 Å². The van der Waals surface area contributed by atoms with Crippen LogP contribution in [0.2, 0.25) is 0 Å². The molecule has 0 aromatic heterocycles. The summed E-state index contributed by atoms with van der Waals surface area (Å²) in [5, 5.41) is 0. The number of hydrogen-bond acceptors (Lipinski definition) is 5. The molecule has 2 N–H and O–H groups in total. The van der Waals surface area contributed by atoms with Gasteiger partial charge in [-0.2, -0.15) is 0 Å². The highest BCUT2D eigenvalue weighted by Gasteiger charge is 2.06. The minimum absolute atomic E-state index is 0.212. The molecule has 0 radical (unpaired) electrons. The fourth-order valence-corrected chi connectivity index (χ4v) is 1.36. The van der Waals surface area contributed by atoms with Crippen LogP contribution in [0.25, 0.3) is 0 Å². The molecule has 78 valence electrons. The van der Waals surface area contributed by atoms with E-state index in [1.165, 1.54) is 13.2 Å². The van der Waals surface area contributed by atoms with E-state index in [1.54, 1.807) is 13.0 Å². The van der Waals surface area contributed by atoms with Crippen molar-refractivity contribution in [3.63, 3.8) is 0 Å². The topological polar surface area (TPSA) is 84.6 Å². The molecule has 0 saturated carbocycles. The van der Waals surface area contributed by atoms with Gasteiger partial charge in [0.15, 0.2) is 0 Å². The van der Waals surface area contributed by atoms with E-state index in [0.29, 0.717) is 17.0 Å². The molecule has 14 heavy (non-hydrogen) atoms. The van der Waals surface area contributed by atoms with E-state index in [9.17, 15) is 8.76 Å². The summed E-state index contributed by atoms with van der Waals surface area (Å²) in [5.41, 5.74) is 6.67. The predicted molar refractivity (Wildman–Crippen MR) is 51.7 cm³/mol. The molecule has 0 bridgehead atoms. The molecule has 0 heterocycles. The molecule has 1 aromatic rings. The van der Waals surface area contributed by atoms with Gasteiger partial charge in [0.05, 0.1) is 12.8 Å². The van der Waals surface area contributed by atoms with Gasteiger partial charge in [-0.1, -0.05) is 0 Å². The number of anilines is 1. The Hall–Kier alpha value is -1.27. The van der Waals surface area contributed by atoms with Crippen LogP contribution < -0.4 is 14.7 Å². The van der Waals surface area contributed by atoms with Crippen LogP contribution in [-0.2, 0) is 11.4 Å². The van der Waals surface area contributed by atoms with Gasteiger partial charge in [0.1, 0.15) is 22.9 Å². The molecule has 1 unspecified atom stereocenters. The van der Waals surface area contributed by atoms with E-state index < -0.39 is 11.4 Å². The number of methoxy groups -OCH3 is 1. The first kappa shape index (κ1) is 10.8.